The predicted molar refractivity (Wildman–Crippen MR) is 70.7 cm³/mol. The van der Waals surface area contributed by atoms with Gasteiger partial charge in [-0.25, -0.2) is 0 Å². The van der Waals surface area contributed by atoms with Gasteiger partial charge in [0, 0.05) is 39.3 Å². The van der Waals surface area contributed by atoms with Gasteiger partial charge in [0.1, 0.15) is 0 Å². The first-order valence-corrected chi connectivity index (χ1v) is 7.12. The Morgan fingerprint density at radius 3 is 2.95 bits per heavy atom. The first-order valence-electron chi connectivity index (χ1n) is 7.12. The van der Waals surface area contributed by atoms with Crippen molar-refractivity contribution >= 4 is 11.8 Å². The molecule has 0 aliphatic carbocycles. The summed E-state index contributed by atoms with van der Waals surface area (Å²) in [6.45, 7) is 6.66. The summed E-state index contributed by atoms with van der Waals surface area (Å²) in [5, 5.41) is 3.26. The van der Waals surface area contributed by atoms with E-state index in [4.69, 9.17) is 4.74 Å². The number of rotatable bonds is 6. The van der Waals surface area contributed by atoms with E-state index < -0.39 is 0 Å². The fourth-order valence-corrected chi connectivity index (χ4v) is 2.50. The van der Waals surface area contributed by atoms with E-state index in [-0.39, 0.29) is 17.9 Å². The summed E-state index contributed by atoms with van der Waals surface area (Å²) in [4.78, 5) is 27.3. The van der Waals surface area contributed by atoms with Gasteiger partial charge in [-0.2, -0.15) is 0 Å². The van der Waals surface area contributed by atoms with E-state index in [2.05, 4.69) is 12.2 Å². The molecule has 0 aromatic heterocycles. The maximum Gasteiger partial charge on any atom is 0.312 e. The number of amides is 2. The van der Waals surface area contributed by atoms with Crippen LogP contribution in [0.25, 0.3) is 0 Å². The Balaban J connectivity index is 1.80. The fourth-order valence-electron chi connectivity index (χ4n) is 2.50. The summed E-state index contributed by atoms with van der Waals surface area (Å²) in [5.74, 6) is -0.733. The number of carbonyl (C=O) groups is 2. The average Bonchev–Trinajstić information content (AvgIpc) is 2.44. The number of carbonyl (C=O) groups excluding carboxylic acids is 2. The van der Waals surface area contributed by atoms with Gasteiger partial charge in [-0.3, -0.25) is 9.59 Å². The number of ether oxygens (including phenoxy) is 1. The largest absolute Gasteiger partial charge is 0.380 e. The molecule has 2 aliphatic heterocycles. The maximum atomic E-state index is 12.0. The molecule has 0 aromatic rings. The van der Waals surface area contributed by atoms with Crippen molar-refractivity contribution in [3.05, 3.63) is 0 Å². The van der Waals surface area contributed by atoms with E-state index in [9.17, 15) is 9.59 Å². The van der Waals surface area contributed by atoms with Crippen LogP contribution in [0.1, 0.15) is 19.8 Å². The molecule has 0 saturated carbocycles. The highest BCUT2D eigenvalue weighted by molar-refractivity contribution is 6.35. The molecular formula is C13H23N3O3. The van der Waals surface area contributed by atoms with Crippen LogP contribution in [0.15, 0.2) is 0 Å². The second-order valence-corrected chi connectivity index (χ2v) is 5.07. The molecule has 2 rings (SSSR count). The van der Waals surface area contributed by atoms with Crippen molar-refractivity contribution in [3.8, 4) is 0 Å². The summed E-state index contributed by atoms with van der Waals surface area (Å²) >= 11 is 0. The topological polar surface area (TPSA) is 61.9 Å². The Kier molecular flexibility index (Phi) is 5.15. The van der Waals surface area contributed by atoms with Crippen LogP contribution in [0.5, 0.6) is 0 Å². The number of piperazine rings is 2. The monoisotopic (exact) mass is 269 g/mol. The zero-order chi connectivity index (χ0) is 13.7. The third-order valence-corrected chi connectivity index (χ3v) is 3.66. The molecule has 2 amide bonds. The second-order valence-electron chi connectivity index (χ2n) is 5.07. The zero-order valence-corrected chi connectivity index (χ0v) is 11.6. The molecule has 0 bridgehead atoms. The molecule has 6 heteroatoms. The number of nitrogens with zero attached hydrogens (tertiary/aromatic N) is 2. The van der Waals surface area contributed by atoms with Crippen LogP contribution in [0.3, 0.4) is 0 Å². The van der Waals surface area contributed by atoms with Gasteiger partial charge in [0.25, 0.3) is 0 Å². The smallest absolute Gasteiger partial charge is 0.312 e. The highest BCUT2D eigenvalue weighted by Crippen LogP contribution is 2.13. The summed E-state index contributed by atoms with van der Waals surface area (Å²) in [5.41, 5.74) is 0. The minimum absolute atomic E-state index is 0.120. The Labute approximate surface area is 114 Å². The molecule has 2 fully saturated rings. The van der Waals surface area contributed by atoms with Crippen LogP contribution in [0.4, 0.5) is 0 Å². The van der Waals surface area contributed by atoms with E-state index in [0.717, 1.165) is 32.5 Å². The third kappa shape index (κ3) is 3.45. The van der Waals surface area contributed by atoms with Crippen molar-refractivity contribution in [3.63, 3.8) is 0 Å². The molecule has 0 radical (unpaired) electrons. The zero-order valence-electron chi connectivity index (χ0n) is 11.6. The van der Waals surface area contributed by atoms with E-state index in [1.54, 1.807) is 9.80 Å². The van der Waals surface area contributed by atoms with Crippen molar-refractivity contribution in [1.82, 2.24) is 15.1 Å². The minimum atomic E-state index is -0.378. The van der Waals surface area contributed by atoms with Crippen molar-refractivity contribution in [2.24, 2.45) is 0 Å². The van der Waals surface area contributed by atoms with E-state index in [1.807, 2.05) is 0 Å². The summed E-state index contributed by atoms with van der Waals surface area (Å²) in [6.07, 6.45) is 2.14. The molecule has 2 heterocycles. The van der Waals surface area contributed by atoms with Gasteiger partial charge in [0.2, 0.25) is 0 Å². The van der Waals surface area contributed by atoms with Gasteiger partial charge in [-0.1, -0.05) is 13.3 Å². The van der Waals surface area contributed by atoms with Crippen LogP contribution >= 0.6 is 0 Å². The Bertz CT molecular complexity index is 335. The lowest BCUT2D eigenvalue weighted by Crippen LogP contribution is -2.65. The lowest BCUT2D eigenvalue weighted by molar-refractivity contribution is -0.160. The second kappa shape index (κ2) is 6.86. The van der Waals surface area contributed by atoms with Gasteiger partial charge in [0.05, 0.1) is 12.6 Å². The number of nitrogens with one attached hydrogen (secondary N) is 1. The highest BCUT2D eigenvalue weighted by Gasteiger charge is 2.39. The van der Waals surface area contributed by atoms with Crippen LogP contribution in [-0.4, -0.2) is 73.6 Å². The van der Waals surface area contributed by atoms with Crippen LogP contribution < -0.4 is 5.32 Å². The van der Waals surface area contributed by atoms with Crippen LogP contribution in [-0.2, 0) is 14.3 Å². The third-order valence-electron chi connectivity index (χ3n) is 3.66. The number of hydrogen-bond donors (Lipinski definition) is 1. The van der Waals surface area contributed by atoms with Crippen molar-refractivity contribution in [1.29, 1.82) is 0 Å². The normalized spacial score (nSPS) is 23.7. The first kappa shape index (κ1) is 14.3. The Hall–Kier alpha value is -1.14. The van der Waals surface area contributed by atoms with E-state index in [1.165, 1.54) is 0 Å². The maximum absolute atomic E-state index is 12.0. The number of fused-ring (bicyclic) bond motifs is 1. The van der Waals surface area contributed by atoms with Crippen LogP contribution in [0, 0.1) is 0 Å². The highest BCUT2D eigenvalue weighted by atomic mass is 16.5. The van der Waals surface area contributed by atoms with Gasteiger partial charge >= 0.3 is 11.8 Å². The van der Waals surface area contributed by atoms with Gasteiger partial charge in [0.15, 0.2) is 0 Å². The number of unbranched alkanes of at least 4 members (excludes halogenated alkanes) is 1. The lowest BCUT2D eigenvalue weighted by Gasteiger charge is -2.43. The lowest BCUT2D eigenvalue weighted by atomic mass is 10.1. The molecule has 2 aliphatic rings. The Morgan fingerprint density at radius 1 is 1.32 bits per heavy atom. The molecule has 6 nitrogen and oxygen atoms in total. The van der Waals surface area contributed by atoms with Crippen molar-refractivity contribution < 1.29 is 14.3 Å². The van der Waals surface area contributed by atoms with Crippen molar-refractivity contribution in [2.75, 3.05) is 45.9 Å². The molecule has 0 spiro atoms. The molecular weight excluding hydrogens is 246 g/mol. The quantitative estimate of drug-likeness (QED) is 0.519. The van der Waals surface area contributed by atoms with Gasteiger partial charge in [-0.05, 0) is 6.42 Å². The molecule has 2 saturated heterocycles. The van der Waals surface area contributed by atoms with Gasteiger partial charge < -0.3 is 19.9 Å². The number of hydrogen-bond acceptors (Lipinski definition) is 4. The molecule has 1 unspecified atom stereocenters. The summed E-state index contributed by atoms with van der Waals surface area (Å²) < 4.78 is 5.46. The molecule has 108 valence electrons. The summed E-state index contributed by atoms with van der Waals surface area (Å²) in [6, 6.07) is 0.120. The van der Waals surface area contributed by atoms with Crippen LogP contribution in [0.2, 0.25) is 0 Å². The average molecular weight is 269 g/mol. The van der Waals surface area contributed by atoms with Gasteiger partial charge in [-0.15, -0.1) is 0 Å². The predicted octanol–water partition coefficient (Wildman–Crippen LogP) is -0.554. The minimum Gasteiger partial charge on any atom is -0.380 e. The molecule has 1 atom stereocenters. The SMILES string of the molecule is CCCCOCCN1CC2CNCCN2C(=O)C1=O. The Morgan fingerprint density at radius 2 is 2.16 bits per heavy atom. The van der Waals surface area contributed by atoms with E-state index in [0.29, 0.717) is 26.2 Å². The molecule has 19 heavy (non-hydrogen) atoms. The fraction of sp³-hybridized carbons (Fsp3) is 0.846. The van der Waals surface area contributed by atoms with Crippen molar-refractivity contribution in [2.45, 2.75) is 25.8 Å². The first-order chi connectivity index (χ1) is 9.24. The standard InChI is InChI=1S/C13H23N3O3/c1-2-3-7-19-8-6-15-10-11-9-14-4-5-16(11)13(18)12(15)17/h11,14H,2-10H2,1H3. The summed E-state index contributed by atoms with van der Waals surface area (Å²) in [7, 11) is 0. The molecule has 1 N–H and O–H groups in total. The molecule has 0 aromatic carbocycles. The van der Waals surface area contributed by atoms with E-state index >= 15 is 0 Å².